The van der Waals surface area contributed by atoms with Crippen molar-refractivity contribution >= 4 is 22.9 Å². The Kier molecular flexibility index (Phi) is 4.70. The van der Waals surface area contributed by atoms with Gasteiger partial charge in [-0.2, -0.15) is 0 Å². The molecule has 3 saturated carbocycles. The molecule has 3 aliphatic carbocycles. The van der Waals surface area contributed by atoms with Crippen molar-refractivity contribution in [3.63, 3.8) is 0 Å². The summed E-state index contributed by atoms with van der Waals surface area (Å²) < 4.78 is 2.22. The Labute approximate surface area is 159 Å². The molecule has 0 spiro atoms. The van der Waals surface area contributed by atoms with E-state index in [0.717, 1.165) is 15.7 Å². The molecule has 2 aromatic heterocycles. The molecule has 2 aromatic rings. The summed E-state index contributed by atoms with van der Waals surface area (Å²) in [5, 5.41) is 12.0. The molecule has 3 aliphatic rings. The van der Waals surface area contributed by atoms with Crippen molar-refractivity contribution in [1.29, 1.82) is 0 Å². The molecule has 0 N–H and O–H groups in total. The van der Waals surface area contributed by atoms with Gasteiger partial charge in [0.15, 0.2) is 5.82 Å². The molecular formula is C20H28ClN3S. The minimum absolute atomic E-state index is 0.246. The smallest absolute Gasteiger partial charge is 0.175 e. The van der Waals surface area contributed by atoms with Crippen molar-refractivity contribution in [2.24, 2.45) is 12.5 Å². The van der Waals surface area contributed by atoms with E-state index in [0.29, 0.717) is 5.41 Å². The number of hydrogen-bond acceptors (Lipinski definition) is 3. The monoisotopic (exact) mass is 377 g/mol. The molecule has 3 nitrogen and oxygen atoms in total. The number of thiophene rings is 1. The minimum Gasteiger partial charge on any atom is -0.313 e. The highest BCUT2D eigenvalue weighted by Crippen LogP contribution is 2.59. The fourth-order valence-electron chi connectivity index (χ4n) is 5.17. The van der Waals surface area contributed by atoms with Crippen LogP contribution in [0.15, 0.2) is 11.4 Å². The third-order valence-electron chi connectivity index (χ3n) is 6.88. The first-order valence-corrected chi connectivity index (χ1v) is 11.0. The lowest BCUT2D eigenvalue weighted by molar-refractivity contribution is 0.0250. The van der Waals surface area contributed by atoms with E-state index in [-0.39, 0.29) is 5.41 Å². The summed E-state index contributed by atoms with van der Waals surface area (Å²) in [6.07, 6.45) is 13.5. The molecule has 5 rings (SSSR count). The topological polar surface area (TPSA) is 30.7 Å². The summed E-state index contributed by atoms with van der Waals surface area (Å²) in [6, 6.07) is 1.94. The zero-order chi connectivity index (χ0) is 17.5. The Morgan fingerprint density at radius 1 is 1.12 bits per heavy atom. The van der Waals surface area contributed by atoms with Crippen LogP contribution in [-0.4, -0.2) is 14.8 Å². The number of unbranched alkanes of at least 4 members (excludes halogenated alkanes) is 2. The highest BCUT2D eigenvalue weighted by Gasteiger charge is 2.51. The second-order valence-corrected chi connectivity index (χ2v) is 9.56. The third-order valence-corrected chi connectivity index (χ3v) is 8.22. The van der Waals surface area contributed by atoms with E-state index < -0.39 is 0 Å². The van der Waals surface area contributed by atoms with Gasteiger partial charge in [-0.25, -0.2) is 0 Å². The number of hydrogen-bond donors (Lipinski definition) is 0. The van der Waals surface area contributed by atoms with Gasteiger partial charge < -0.3 is 4.57 Å². The van der Waals surface area contributed by atoms with Gasteiger partial charge in [0, 0.05) is 12.5 Å². The molecule has 2 bridgehead atoms. The Morgan fingerprint density at radius 2 is 1.84 bits per heavy atom. The minimum atomic E-state index is 0.246. The van der Waals surface area contributed by atoms with Gasteiger partial charge in [-0.3, -0.25) is 0 Å². The van der Waals surface area contributed by atoms with Gasteiger partial charge in [-0.15, -0.1) is 21.5 Å². The maximum atomic E-state index is 6.33. The van der Waals surface area contributed by atoms with Gasteiger partial charge in [0.2, 0.25) is 0 Å². The lowest BCUT2D eigenvalue weighted by Gasteiger charge is -2.53. The molecule has 0 radical (unpaired) electrons. The zero-order valence-corrected chi connectivity index (χ0v) is 16.9. The molecule has 0 unspecified atom stereocenters. The average Bonchev–Trinajstić information content (AvgIpc) is 3.22. The van der Waals surface area contributed by atoms with Crippen molar-refractivity contribution in [1.82, 2.24) is 14.8 Å². The van der Waals surface area contributed by atoms with Crippen LogP contribution >= 0.6 is 22.9 Å². The molecule has 0 amide bonds. The summed E-state index contributed by atoms with van der Waals surface area (Å²) in [6.45, 7) is 2.30. The van der Waals surface area contributed by atoms with E-state index in [1.807, 2.05) is 11.4 Å². The van der Waals surface area contributed by atoms with Gasteiger partial charge >= 0.3 is 0 Å². The molecule has 0 saturated heterocycles. The van der Waals surface area contributed by atoms with Gasteiger partial charge in [-0.1, -0.05) is 37.8 Å². The van der Waals surface area contributed by atoms with E-state index in [9.17, 15) is 0 Å². The van der Waals surface area contributed by atoms with E-state index in [4.69, 9.17) is 11.6 Å². The van der Waals surface area contributed by atoms with Crippen LogP contribution in [0.3, 0.4) is 0 Å². The standard InChI is InChI=1S/C20H28ClN3S/c1-3-4-5-7-19-8-11-20(12-9-19,13-10-19)18-23-22-17(24(18)2)16-15(21)6-14-25-16/h6,14H,3-5,7-13H2,1-2H3. The second-order valence-electron chi connectivity index (χ2n) is 8.24. The van der Waals surface area contributed by atoms with E-state index in [1.54, 1.807) is 11.3 Å². The molecule has 136 valence electrons. The summed E-state index contributed by atoms with van der Waals surface area (Å²) in [4.78, 5) is 1.04. The second kappa shape index (κ2) is 6.70. The summed E-state index contributed by atoms with van der Waals surface area (Å²) >= 11 is 7.97. The Bertz CT molecular complexity index is 723. The molecule has 0 aromatic carbocycles. The molecule has 2 heterocycles. The number of nitrogens with zero attached hydrogens (tertiary/aromatic N) is 3. The lowest BCUT2D eigenvalue weighted by atomic mass is 9.52. The number of fused-ring (bicyclic) bond motifs is 3. The molecular weight excluding hydrogens is 350 g/mol. The maximum absolute atomic E-state index is 6.33. The predicted molar refractivity (Wildman–Crippen MR) is 105 cm³/mol. The summed E-state index contributed by atoms with van der Waals surface area (Å²) in [5.41, 5.74) is 0.881. The molecule has 0 atom stereocenters. The van der Waals surface area contributed by atoms with Crippen LogP contribution in [0.5, 0.6) is 0 Å². The Hall–Kier alpha value is -0.870. The van der Waals surface area contributed by atoms with Crippen LogP contribution in [0.2, 0.25) is 5.02 Å². The van der Waals surface area contributed by atoms with E-state index in [1.165, 1.54) is 70.0 Å². The average molecular weight is 378 g/mol. The number of rotatable bonds is 6. The van der Waals surface area contributed by atoms with Gasteiger partial charge in [0.1, 0.15) is 5.82 Å². The predicted octanol–water partition coefficient (Wildman–Crippen LogP) is 6.37. The third kappa shape index (κ3) is 2.95. The van der Waals surface area contributed by atoms with Crippen molar-refractivity contribution in [3.05, 3.63) is 22.3 Å². The first-order chi connectivity index (χ1) is 12.1. The van der Waals surface area contributed by atoms with Crippen LogP contribution < -0.4 is 0 Å². The Balaban J connectivity index is 1.55. The number of halogens is 1. The van der Waals surface area contributed by atoms with Gasteiger partial charge in [-0.05, 0) is 61.8 Å². The van der Waals surface area contributed by atoms with E-state index >= 15 is 0 Å². The zero-order valence-electron chi connectivity index (χ0n) is 15.4. The molecule has 25 heavy (non-hydrogen) atoms. The lowest BCUT2D eigenvalue weighted by Crippen LogP contribution is -2.45. The summed E-state index contributed by atoms with van der Waals surface area (Å²) in [7, 11) is 2.12. The van der Waals surface area contributed by atoms with Crippen molar-refractivity contribution in [3.8, 4) is 10.7 Å². The van der Waals surface area contributed by atoms with Crippen LogP contribution in [0.4, 0.5) is 0 Å². The number of aromatic nitrogens is 3. The van der Waals surface area contributed by atoms with Crippen LogP contribution in [0.25, 0.3) is 10.7 Å². The molecule has 3 fully saturated rings. The first-order valence-electron chi connectivity index (χ1n) is 9.72. The Morgan fingerprint density at radius 3 is 2.44 bits per heavy atom. The SMILES string of the molecule is CCCCCC12CCC(c3nnc(-c4sccc4Cl)n3C)(CC1)CC2. The molecule has 5 heteroatoms. The summed E-state index contributed by atoms with van der Waals surface area (Å²) in [5.74, 6) is 2.11. The maximum Gasteiger partial charge on any atom is 0.175 e. The van der Waals surface area contributed by atoms with Crippen molar-refractivity contribution < 1.29 is 0 Å². The quantitative estimate of drug-likeness (QED) is 0.547. The molecule has 0 aliphatic heterocycles. The largest absolute Gasteiger partial charge is 0.313 e. The van der Waals surface area contributed by atoms with Crippen LogP contribution in [0, 0.1) is 5.41 Å². The van der Waals surface area contributed by atoms with Crippen LogP contribution in [-0.2, 0) is 12.5 Å². The van der Waals surface area contributed by atoms with Crippen molar-refractivity contribution in [2.75, 3.05) is 0 Å². The van der Waals surface area contributed by atoms with E-state index in [2.05, 4.69) is 28.7 Å². The highest BCUT2D eigenvalue weighted by atomic mass is 35.5. The highest BCUT2D eigenvalue weighted by molar-refractivity contribution is 7.14. The van der Waals surface area contributed by atoms with Gasteiger partial charge in [0.05, 0.1) is 9.90 Å². The fraction of sp³-hybridized carbons (Fsp3) is 0.700. The normalized spacial score (nSPS) is 28.6. The van der Waals surface area contributed by atoms with Crippen LogP contribution in [0.1, 0.15) is 77.0 Å². The van der Waals surface area contributed by atoms with Gasteiger partial charge in [0.25, 0.3) is 0 Å². The first kappa shape index (κ1) is 17.5. The fourth-order valence-corrected chi connectivity index (χ4v) is 6.33. The van der Waals surface area contributed by atoms with Crippen molar-refractivity contribution in [2.45, 2.75) is 76.5 Å².